The van der Waals surface area contributed by atoms with Crippen LogP contribution in [0.3, 0.4) is 0 Å². The van der Waals surface area contributed by atoms with Gasteiger partial charge in [-0.1, -0.05) is 42.5 Å². The quantitative estimate of drug-likeness (QED) is 0.862. The van der Waals surface area contributed by atoms with Crippen LogP contribution in [0.15, 0.2) is 48.5 Å². The molecule has 0 aliphatic rings. The molecule has 0 aliphatic heterocycles. The van der Waals surface area contributed by atoms with Crippen LogP contribution in [-0.4, -0.2) is 18.5 Å². The van der Waals surface area contributed by atoms with Crippen LogP contribution < -0.4 is 5.32 Å². The largest absolute Gasteiger partial charge is 0.452 e. The fourth-order valence-corrected chi connectivity index (χ4v) is 2.29. The number of hydrogen-bond acceptors (Lipinski definition) is 3. The molecule has 2 aromatic rings. The van der Waals surface area contributed by atoms with Gasteiger partial charge in [-0.2, -0.15) is 0 Å². The van der Waals surface area contributed by atoms with Crippen molar-refractivity contribution in [3.63, 3.8) is 0 Å². The maximum absolute atomic E-state index is 12.1. The standard InChI is InChI=1S/C19H21NO3/c1-13-8-7-11-17(14(13)2)19(22)23-12-18(21)20-15(3)16-9-5-4-6-10-16/h4-11,15H,12H2,1-3H3,(H,20,21). The van der Waals surface area contributed by atoms with Crippen LogP contribution in [0.25, 0.3) is 0 Å². The first-order chi connectivity index (χ1) is 11.0. The Morgan fingerprint density at radius 2 is 1.74 bits per heavy atom. The van der Waals surface area contributed by atoms with Crippen molar-refractivity contribution in [3.05, 3.63) is 70.8 Å². The molecule has 23 heavy (non-hydrogen) atoms. The van der Waals surface area contributed by atoms with Crippen molar-refractivity contribution in [2.75, 3.05) is 6.61 Å². The summed E-state index contributed by atoms with van der Waals surface area (Å²) in [6, 6.07) is 14.9. The molecule has 120 valence electrons. The molecule has 0 spiro atoms. The Balaban J connectivity index is 1.89. The van der Waals surface area contributed by atoms with E-state index in [0.29, 0.717) is 5.56 Å². The van der Waals surface area contributed by atoms with Gasteiger partial charge in [0.15, 0.2) is 6.61 Å². The first kappa shape index (κ1) is 16.7. The number of esters is 1. The first-order valence-electron chi connectivity index (χ1n) is 7.56. The van der Waals surface area contributed by atoms with Gasteiger partial charge in [-0.3, -0.25) is 4.79 Å². The lowest BCUT2D eigenvalue weighted by atomic mass is 10.0. The Kier molecular flexibility index (Phi) is 5.52. The SMILES string of the molecule is Cc1cccc(C(=O)OCC(=O)NC(C)c2ccccc2)c1C. The van der Waals surface area contributed by atoms with Gasteiger partial charge in [0.1, 0.15) is 0 Å². The Morgan fingerprint density at radius 1 is 1.04 bits per heavy atom. The average molecular weight is 311 g/mol. The monoisotopic (exact) mass is 311 g/mol. The minimum atomic E-state index is -0.478. The van der Waals surface area contributed by atoms with E-state index in [2.05, 4.69) is 5.32 Å². The van der Waals surface area contributed by atoms with E-state index in [4.69, 9.17) is 4.74 Å². The topological polar surface area (TPSA) is 55.4 Å². The van der Waals surface area contributed by atoms with Crippen molar-refractivity contribution in [3.8, 4) is 0 Å². The van der Waals surface area contributed by atoms with Gasteiger partial charge in [0.25, 0.3) is 5.91 Å². The second kappa shape index (κ2) is 7.58. The van der Waals surface area contributed by atoms with Crippen molar-refractivity contribution < 1.29 is 14.3 Å². The van der Waals surface area contributed by atoms with E-state index in [1.165, 1.54) is 0 Å². The molecular formula is C19H21NO3. The van der Waals surface area contributed by atoms with Gasteiger partial charge in [0.05, 0.1) is 11.6 Å². The van der Waals surface area contributed by atoms with E-state index < -0.39 is 5.97 Å². The normalized spacial score (nSPS) is 11.6. The lowest BCUT2D eigenvalue weighted by molar-refractivity contribution is -0.124. The van der Waals surface area contributed by atoms with Crippen LogP contribution >= 0.6 is 0 Å². The number of rotatable bonds is 5. The molecule has 4 heteroatoms. The summed E-state index contributed by atoms with van der Waals surface area (Å²) in [5.74, 6) is -0.797. The molecule has 0 heterocycles. The predicted octanol–water partition coefficient (Wildman–Crippen LogP) is 3.34. The number of benzene rings is 2. The van der Waals surface area contributed by atoms with E-state index in [0.717, 1.165) is 16.7 Å². The van der Waals surface area contributed by atoms with Gasteiger partial charge in [-0.15, -0.1) is 0 Å². The number of nitrogens with one attached hydrogen (secondary N) is 1. The van der Waals surface area contributed by atoms with Gasteiger partial charge in [0, 0.05) is 0 Å². The van der Waals surface area contributed by atoms with Crippen molar-refractivity contribution in [1.29, 1.82) is 0 Å². The molecule has 0 fully saturated rings. The highest BCUT2D eigenvalue weighted by Gasteiger charge is 2.15. The molecule has 0 aliphatic carbocycles. The van der Waals surface area contributed by atoms with E-state index in [1.807, 2.05) is 57.2 Å². The summed E-state index contributed by atoms with van der Waals surface area (Å²) in [6.45, 7) is 5.40. The number of aryl methyl sites for hydroxylation is 1. The highest BCUT2D eigenvalue weighted by atomic mass is 16.5. The van der Waals surface area contributed by atoms with E-state index in [-0.39, 0.29) is 18.6 Å². The summed E-state index contributed by atoms with van der Waals surface area (Å²) in [4.78, 5) is 24.0. The van der Waals surface area contributed by atoms with Gasteiger partial charge in [-0.05, 0) is 43.5 Å². The summed E-state index contributed by atoms with van der Waals surface area (Å²) in [6.07, 6.45) is 0. The lowest BCUT2D eigenvalue weighted by Gasteiger charge is -2.14. The molecule has 1 unspecified atom stereocenters. The van der Waals surface area contributed by atoms with Gasteiger partial charge < -0.3 is 10.1 Å². The number of ether oxygens (including phenoxy) is 1. The molecule has 0 radical (unpaired) electrons. The summed E-state index contributed by atoms with van der Waals surface area (Å²) in [5.41, 5.74) is 3.38. The van der Waals surface area contributed by atoms with Crippen LogP contribution in [0.1, 0.15) is 40.0 Å². The molecule has 1 atom stereocenters. The fraction of sp³-hybridized carbons (Fsp3) is 0.263. The maximum atomic E-state index is 12.1. The zero-order valence-corrected chi connectivity index (χ0v) is 13.6. The maximum Gasteiger partial charge on any atom is 0.338 e. The smallest absolute Gasteiger partial charge is 0.338 e. The van der Waals surface area contributed by atoms with Gasteiger partial charge in [0.2, 0.25) is 0 Å². The van der Waals surface area contributed by atoms with Crippen LogP contribution in [0.5, 0.6) is 0 Å². The summed E-state index contributed by atoms with van der Waals surface area (Å²) >= 11 is 0. The number of hydrogen-bond donors (Lipinski definition) is 1. The fourth-order valence-electron chi connectivity index (χ4n) is 2.29. The molecule has 4 nitrogen and oxygen atoms in total. The van der Waals surface area contributed by atoms with E-state index >= 15 is 0 Å². The minimum Gasteiger partial charge on any atom is -0.452 e. The molecular weight excluding hydrogens is 290 g/mol. The third-order valence-corrected chi connectivity index (χ3v) is 3.84. The molecule has 0 bridgehead atoms. The summed E-state index contributed by atoms with van der Waals surface area (Å²) < 4.78 is 5.11. The Bertz CT molecular complexity index is 695. The number of carbonyl (C=O) groups is 2. The van der Waals surface area contributed by atoms with Crippen molar-refractivity contribution in [1.82, 2.24) is 5.32 Å². The number of amides is 1. The minimum absolute atomic E-state index is 0.136. The third-order valence-electron chi connectivity index (χ3n) is 3.84. The van der Waals surface area contributed by atoms with Crippen LogP contribution in [-0.2, 0) is 9.53 Å². The molecule has 0 saturated carbocycles. The van der Waals surface area contributed by atoms with Crippen LogP contribution in [0, 0.1) is 13.8 Å². The molecule has 0 saturated heterocycles. The third kappa shape index (κ3) is 4.42. The zero-order valence-electron chi connectivity index (χ0n) is 13.6. The molecule has 1 amide bonds. The summed E-state index contributed by atoms with van der Waals surface area (Å²) in [5, 5.41) is 2.81. The molecule has 2 rings (SSSR count). The lowest BCUT2D eigenvalue weighted by Crippen LogP contribution is -2.31. The van der Waals surface area contributed by atoms with E-state index in [1.54, 1.807) is 12.1 Å². The van der Waals surface area contributed by atoms with Crippen molar-refractivity contribution in [2.45, 2.75) is 26.8 Å². The number of carbonyl (C=O) groups excluding carboxylic acids is 2. The Morgan fingerprint density at radius 3 is 2.43 bits per heavy atom. The predicted molar refractivity (Wildman–Crippen MR) is 89.2 cm³/mol. The first-order valence-corrected chi connectivity index (χ1v) is 7.56. The summed E-state index contributed by atoms with van der Waals surface area (Å²) in [7, 11) is 0. The van der Waals surface area contributed by atoms with Gasteiger partial charge in [-0.25, -0.2) is 4.79 Å². The molecule has 1 N–H and O–H groups in total. The van der Waals surface area contributed by atoms with Crippen molar-refractivity contribution >= 4 is 11.9 Å². The highest BCUT2D eigenvalue weighted by Crippen LogP contribution is 2.14. The highest BCUT2D eigenvalue weighted by molar-refractivity contribution is 5.93. The zero-order chi connectivity index (χ0) is 16.8. The Labute approximate surface area is 136 Å². The molecule has 2 aromatic carbocycles. The van der Waals surface area contributed by atoms with Crippen molar-refractivity contribution in [2.24, 2.45) is 0 Å². The molecule has 0 aromatic heterocycles. The second-order valence-electron chi connectivity index (χ2n) is 5.52. The van der Waals surface area contributed by atoms with Gasteiger partial charge >= 0.3 is 5.97 Å². The Hall–Kier alpha value is -2.62. The van der Waals surface area contributed by atoms with E-state index in [9.17, 15) is 9.59 Å². The second-order valence-corrected chi connectivity index (χ2v) is 5.52. The van der Waals surface area contributed by atoms with Crippen LogP contribution in [0.2, 0.25) is 0 Å². The van der Waals surface area contributed by atoms with Crippen LogP contribution in [0.4, 0.5) is 0 Å². The average Bonchev–Trinajstić information content (AvgIpc) is 2.56.